The van der Waals surface area contributed by atoms with Crippen LogP contribution >= 0.6 is 0 Å². The maximum Gasteiger partial charge on any atom is 0.303 e. The molecule has 32 heteroatoms. The van der Waals surface area contributed by atoms with Gasteiger partial charge in [0.1, 0.15) is 0 Å². The van der Waals surface area contributed by atoms with Crippen molar-refractivity contribution in [3.05, 3.63) is 0 Å². The SMILES string of the molecule is O=C(O)CCCCCC(=O)O.O=C(O)CCCCCC(=O)O.O=C(O)CCCCCCC(=O)O.O=C(O)CCCCCCC(=O)O.O=C(O)CCCCCCCC(=O)O.O=C(O)CCCCCCCC(=O)O.O=C(O)CCCCCCCCC(=O)O.O=C(O)CCCCCCCCC(=O)O. The summed E-state index contributed by atoms with van der Waals surface area (Å²) >= 11 is 0. The number of hydrogen-bond donors (Lipinski definition) is 16. The van der Waals surface area contributed by atoms with E-state index in [1.165, 1.54) is 0 Å². The normalized spacial score (nSPS) is 9.76. The first-order chi connectivity index (χ1) is 47.0. The van der Waals surface area contributed by atoms with E-state index in [4.69, 9.17) is 81.7 Å². The number of aliphatic carboxylic acids is 16. The molecule has 0 aromatic carbocycles. The Morgan fingerprint density at radius 1 is 0.0900 bits per heavy atom. The number of carbonyl (C=O) groups is 16. The van der Waals surface area contributed by atoms with Crippen LogP contribution in [0.3, 0.4) is 0 Å². The summed E-state index contributed by atoms with van der Waals surface area (Å²) in [5.41, 5.74) is 0. The average molecular weight is 1450 g/mol. The molecule has 0 aliphatic heterocycles. The monoisotopic (exact) mass is 1450 g/mol. The molecule has 100 heavy (non-hydrogen) atoms. The van der Waals surface area contributed by atoms with Gasteiger partial charge in [-0.1, -0.05) is 128 Å². The standard InChI is InChI=1S/2C10H18O4.2C9H16O4.2C8H14O4.2C7H12O4/c2*11-9(12)7-5-3-1-2-4-6-8-10(13)14;2*10-8(11)6-4-2-1-3-5-7-9(12)13;2*9-7(10)5-3-1-2-4-6-8(11)12;2*8-6(9)4-2-1-3-5-7(10)11/h2*1-8H2,(H,11,12)(H,13,14);2*1-7H2,(H,10,11)(H,12,13);2*1-6H2,(H,9,10)(H,11,12);2*1-5H2,(H,8,9)(H,10,11). The van der Waals surface area contributed by atoms with Gasteiger partial charge in [0.05, 0.1) is 0 Å². The third-order valence-electron chi connectivity index (χ3n) is 13.3. The van der Waals surface area contributed by atoms with Gasteiger partial charge in [0.25, 0.3) is 0 Å². The predicted octanol–water partition coefficient (Wildman–Crippen LogP) is 13.5. The average Bonchev–Trinajstić information content (AvgIpc) is 3.75. The highest BCUT2D eigenvalue weighted by Gasteiger charge is 2.06. The van der Waals surface area contributed by atoms with Crippen molar-refractivity contribution in [1.29, 1.82) is 0 Å². The molecule has 0 unspecified atom stereocenters. The minimum absolute atomic E-state index is 0.139. The zero-order valence-corrected chi connectivity index (χ0v) is 58.5. The molecule has 0 atom stereocenters. The zero-order valence-electron chi connectivity index (χ0n) is 58.5. The number of unbranched alkanes of at least 4 members (excludes halogenated alkanes) is 28. The van der Waals surface area contributed by atoms with Crippen LogP contribution in [0.1, 0.15) is 334 Å². The zero-order chi connectivity index (χ0) is 78.0. The molecule has 0 rings (SSSR count). The van der Waals surface area contributed by atoms with Gasteiger partial charge in [-0.05, 0) is 103 Å². The summed E-state index contributed by atoms with van der Waals surface area (Å²) in [6.45, 7) is 0. The topological polar surface area (TPSA) is 597 Å². The van der Waals surface area contributed by atoms with Crippen LogP contribution in [0.5, 0.6) is 0 Å². The molecule has 0 aliphatic rings. The smallest absolute Gasteiger partial charge is 0.303 e. The van der Waals surface area contributed by atoms with Crippen LogP contribution in [-0.4, -0.2) is 177 Å². The summed E-state index contributed by atoms with van der Waals surface area (Å²) in [6, 6.07) is 0. The largest absolute Gasteiger partial charge is 0.481 e. The third-order valence-corrected chi connectivity index (χ3v) is 13.3. The first-order valence-corrected chi connectivity index (χ1v) is 34.5. The summed E-state index contributed by atoms with van der Waals surface area (Å²) in [5, 5.41) is 133. The van der Waals surface area contributed by atoms with Gasteiger partial charge in [0.2, 0.25) is 0 Å². The van der Waals surface area contributed by atoms with Gasteiger partial charge in [-0.25, -0.2) is 0 Å². The van der Waals surface area contributed by atoms with E-state index in [9.17, 15) is 76.7 Å². The van der Waals surface area contributed by atoms with Crippen molar-refractivity contribution < 1.29 is 158 Å². The summed E-state index contributed by atoms with van der Waals surface area (Å²) < 4.78 is 0. The van der Waals surface area contributed by atoms with Crippen LogP contribution in [-0.2, 0) is 76.7 Å². The lowest BCUT2D eigenvalue weighted by Crippen LogP contribution is -1.96. The Balaban J connectivity index is -0.000000161. The fourth-order valence-corrected chi connectivity index (χ4v) is 7.96. The van der Waals surface area contributed by atoms with Crippen LogP contribution in [0.4, 0.5) is 0 Å². The van der Waals surface area contributed by atoms with E-state index in [1.54, 1.807) is 0 Å². The van der Waals surface area contributed by atoms with E-state index in [2.05, 4.69) is 0 Å². The Morgan fingerprint density at radius 2 is 0.130 bits per heavy atom. The second kappa shape index (κ2) is 86.6. The molecule has 0 aliphatic carbocycles. The molecular weight excluding hydrogens is 1330 g/mol. The van der Waals surface area contributed by atoms with Gasteiger partial charge in [0.15, 0.2) is 0 Å². The first kappa shape index (κ1) is 108. The molecule has 0 amide bonds. The van der Waals surface area contributed by atoms with Crippen molar-refractivity contribution in [2.75, 3.05) is 0 Å². The first-order valence-electron chi connectivity index (χ1n) is 34.5. The molecule has 0 aromatic heterocycles. The minimum Gasteiger partial charge on any atom is -0.481 e. The van der Waals surface area contributed by atoms with E-state index >= 15 is 0 Å². The van der Waals surface area contributed by atoms with Gasteiger partial charge in [0, 0.05) is 103 Å². The van der Waals surface area contributed by atoms with Gasteiger partial charge < -0.3 is 81.7 Å². The van der Waals surface area contributed by atoms with Gasteiger partial charge in [-0.3, -0.25) is 76.7 Å². The van der Waals surface area contributed by atoms with Gasteiger partial charge in [-0.2, -0.15) is 0 Å². The highest BCUT2D eigenvalue weighted by atomic mass is 16.4. The van der Waals surface area contributed by atoms with Crippen molar-refractivity contribution in [1.82, 2.24) is 0 Å². The lowest BCUT2D eigenvalue weighted by atomic mass is 10.1. The fraction of sp³-hybridized carbons (Fsp3) is 0.765. The van der Waals surface area contributed by atoms with Crippen molar-refractivity contribution in [3.8, 4) is 0 Å². The molecular formula is C68H120O32. The summed E-state index contributed by atoms with van der Waals surface area (Å²) in [5.74, 6) is -12.4. The lowest BCUT2D eigenvalue weighted by Gasteiger charge is -1.98. The Hall–Kier alpha value is -8.48. The van der Waals surface area contributed by atoms with Crippen molar-refractivity contribution in [3.63, 3.8) is 0 Å². The van der Waals surface area contributed by atoms with Crippen molar-refractivity contribution >= 4 is 95.5 Å². The molecule has 0 heterocycles. The molecule has 0 bridgehead atoms. The fourth-order valence-electron chi connectivity index (χ4n) is 7.96. The van der Waals surface area contributed by atoms with E-state index in [0.29, 0.717) is 89.9 Å². The lowest BCUT2D eigenvalue weighted by molar-refractivity contribution is -0.138. The Kier molecular flexibility index (Phi) is 93.1. The maximum atomic E-state index is 10.1. The Labute approximate surface area is 586 Å². The molecule has 16 N–H and O–H groups in total. The molecule has 0 fully saturated rings. The van der Waals surface area contributed by atoms with E-state index < -0.39 is 95.5 Å². The van der Waals surface area contributed by atoms with Crippen molar-refractivity contribution in [2.45, 2.75) is 334 Å². The van der Waals surface area contributed by atoms with Crippen LogP contribution in [0.25, 0.3) is 0 Å². The van der Waals surface area contributed by atoms with Gasteiger partial charge in [-0.15, -0.1) is 0 Å². The quantitative estimate of drug-likeness (QED) is 0.0251. The number of rotatable bonds is 60. The van der Waals surface area contributed by atoms with Crippen LogP contribution in [0.2, 0.25) is 0 Å². The highest BCUT2D eigenvalue weighted by Crippen LogP contribution is 2.12. The second-order valence-electron chi connectivity index (χ2n) is 23.0. The van der Waals surface area contributed by atoms with Crippen molar-refractivity contribution in [2.24, 2.45) is 0 Å². The molecule has 0 saturated carbocycles. The maximum absolute atomic E-state index is 10.1. The van der Waals surface area contributed by atoms with E-state index in [-0.39, 0.29) is 103 Å². The molecule has 32 nitrogen and oxygen atoms in total. The van der Waals surface area contributed by atoms with Crippen LogP contribution in [0, 0.1) is 0 Å². The molecule has 584 valence electrons. The van der Waals surface area contributed by atoms with E-state index in [1.807, 2.05) is 0 Å². The second-order valence-corrected chi connectivity index (χ2v) is 23.0. The number of hydrogen-bond acceptors (Lipinski definition) is 16. The minimum atomic E-state index is -0.819. The van der Waals surface area contributed by atoms with Crippen LogP contribution < -0.4 is 0 Å². The predicted molar refractivity (Wildman–Crippen MR) is 362 cm³/mol. The molecule has 0 saturated heterocycles. The number of carboxylic acid groups (broad SMARTS) is 16. The number of carboxylic acids is 16. The molecule has 0 radical (unpaired) electrons. The van der Waals surface area contributed by atoms with E-state index in [0.717, 1.165) is 141 Å². The van der Waals surface area contributed by atoms with Crippen LogP contribution in [0.15, 0.2) is 0 Å². The summed E-state index contributed by atoms with van der Waals surface area (Å²) in [4.78, 5) is 161. The summed E-state index contributed by atoms with van der Waals surface area (Å²) in [7, 11) is 0. The van der Waals surface area contributed by atoms with Gasteiger partial charge >= 0.3 is 95.5 Å². The third kappa shape index (κ3) is 154. The Morgan fingerprint density at radius 3 is 0.180 bits per heavy atom. The Bertz CT molecular complexity index is 1870. The molecule has 0 spiro atoms. The molecule has 0 aromatic rings. The highest BCUT2D eigenvalue weighted by molar-refractivity contribution is 5.71. The summed E-state index contributed by atoms with van der Waals surface area (Å²) in [6.07, 6.45) is 31.5.